The predicted molar refractivity (Wildman–Crippen MR) is 146 cm³/mol. The van der Waals surface area contributed by atoms with Crippen molar-refractivity contribution in [2.45, 2.75) is 32.5 Å². The first-order valence-electron chi connectivity index (χ1n) is 12.5. The predicted octanol–water partition coefficient (Wildman–Crippen LogP) is 4.49. The van der Waals surface area contributed by atoms with Crippen LogP contribution in [-0.4, -0.2) is 33.3 Å². The zero-order chi connectivity index (χ0) is 26.2. The molecular weight excluding hydrogens is 464 g/mol. The molecule has 1 atom stereocenters. The molecule has 7 heteroatoms. The van der Waals surface area contributed by atoms with Crippen molar-refractivity contribution in [3.8, 4) is 16.9 Å². The first kappa shape index (κ1) is 24.9. The third kappa shape index (κ3) is 4.56. The number of methoxy groups -OCH3 is 1. The quantitative estimate of drug-likeness (QED) is 0.384. The van der Waals surface area contributed by atoms with E-state index in [-0.39, 0.29) is 17.6 Å². The van der Waals surface area contributed by atoms with E-state index in [0.717, 1.165) is 39.4 Å². The lowest BCUT2D eigenvalue weighted by atomic mass is 9.88. The van der Waals surface area contributed by atoms with Crippen molar-refractivity contribution in [2.24, 2.45) is 0 Å². The van der Waals surface area contributed by atoms with Gasteiger partial charge >= 0.3 is 0 Å². The van der Waals surface area contributed by atoms with E-state index in [0.29, 0.717) is 18.9 Å². The van der Waals surface area contributed by atoms with Gasteiger partial charge < -0.3 is 30.7 Å². The number of carbonyl (C=O) groups is 1. The second-order valence-corrected chi connectivity index (χ2v) is 9.81. The summed E-state index contributed by atoms with van der Waals surface area (Å²) in [6, 6.07) is 20.4. The van der Waals surface area contributed by atoms with E-state index in [9.17, 15) is 4.79 Å². The number of anilines is 1. The summed E-state index contributed by atoms with van der Waals surface area (Å²) in [4.78, 5) is 13.3. The van der Waals surface area contributed by atoms with Crippen LogP contribution in [0.1, 0.15) is 35.3 Å². The summed E-state index contributed by atoms with van der Waals surface area (Å²) < 4.78 is 11.1. The van der Waals surface area contributed by atoms with Crippen molar-refractivity contribution in [3.05, 3.63) is 94.3 Å². The first-order valence-corrected chi connectivity index (χ1v) is 12.5. The van der Waals surface area contributed by atoms with Gasteiger partial charge in [-0.3, -0.25) is 4.79 Å². The van der Waals surface area contributed by atoms with Crippen LogP contribution in [0.15, 0.2) is 72.1 Å². The van der Waals surface area contributed by atoms with Crippen molar-refractivity contribution in [3.63, 3.8) is 0 Å². The van der Waals surface area contributed by atoms with Gasteiger partial charge in [0.25, 0.3) is 5.91 Å². The normalized spacial score (nSPS) is 18.0. The van der Waals surface area contributed by atoms with Crippen molar-refractivity contribution in [2.75, 3.05) is 32.7 Å². The van der Waals surface area contributed by atoms with Gasteiger partial charge in [0.15, 0.2) is 0 Å². The molecule has 192 valence electrons. The van der Waals surface area contributed by atoms with Crippen molar-refractivity contribution >= 4 is 11.6 Å². The highest BCUT2D eigenvalue weighted by Crippen LogP contribution is 2.37. The topological polar surface area (TPSA) is 83.7 Å². The zero-order valence-corrected chi connectivity index (χ0v) is 22.0. The third-order valence-electron chi connectivity index (χ3n) is 7.41. The molecule has 1 unspecified atom stereocenters. The number of allylic oxidation sites excluding steroid dienone is 1. The highest BCUT2D eigenvalue weighted by Gasteiger charge is 2.39. The minimum absolute atomic E-state index is 0.184. The number of benzene rings is 3. The Bertz CT molecular complexity index is 1350. The number of rotatable bonds is 7. The number of carbonyl (C=O) groups excluding carboxylic acids is 1. The Balaban J connectivity index is 1.36. The van der Waals surface area contributed by atoms with Gasteiger partial charge in [0, 0.05) is 16.9 Å². The molecule has 2 aliphatic rings. The number of likely N-dealkylation sites (N-methyl/N-ethyl adjacent to an activating group) is 1. The fourth-order valence-corrected chi connectivity index (χ4v) is 5.17. The van der Waals surface area contributed by atoms with Gasteiger partial charge in [-0.2, -0.15) is 0 Å². The maximum absolute atomic E-state index is 13.3. The molecule has 3 aromatic rings. The SMILES string of the molecule is CNC1(c2cccc(NC(=O)C3=C(C)NC(c4ccc(OC)c(-c5c(C)cccc5C)c4)N3)c2)COC1. The summed E-state index contributed by atoms with van der Waals surface area (Å²) >= 11 is 0. The molecule has 2 heterocycles. The minimum Gasteiger partial charge on any atom is -0.496 e. The fourth-order valence-electron chi connectivity index (χ4n) is 5.17. The van der Waals surface area contributed by atoms with Gasteiger partial charge in [0.1, 0.15) is 17.6 Å². The highest BCUT2D eigenvalue weighted by molar-refractivity contribution is 6.04. The van der Waals surface area contributed by atoms with Gasteiger partial charge in [-0.05, 0) is 79.9 Å². The number of aryl methyl sites for hydroxylation is 2. The van der Waals surface area contributed by atoms with E-state index < -0.39 is 0 Å². The Kier molecular flexibility index (Phi) is 6.67. The molecule has 0 aromatic heterocycles. The molecule has 0 saturated carbocycles. The molecule has 5 rings (SSSR count). The Morgan fingerprint density at radius 3 is 2.38 bits per heavy atom. The molecule has 2 aliphatic heterocycles. The van der Waals surface area contributed by atoms with Gasteiger partial charge in [0.2, 0.25) is 0 Å². The van der Waals surface area contributed by atoms with Crippen LogP contribution in [0.2, 0.25) is 0 Å². The second kappa shape index (κ2) is 9.92. The van der Waals surface area contributed by atoms with Crippen LogP contribution in [0.4, 0.5) is 5.69 Å². The summed E-state index contributed by atoms with van der Waals surface area (Å²) in [7, 11) is 3.62. The largest absolute Gasteiger partial charge is 0.496 e. The molecule has 4 N–H and O–H groups in total. The van der Waals surface area contributed by atoms with Crippen LogP contribution in [0.3, 0.4) is 0 Å². The summed E-state index contributed by atoms with van der Waals surface area (Å²) in [5.74, 6) is 0.634. The average molecular weight is 499 g/mol. The van der Waals surface area contributed by atoms with Gasteiger partial charge in [-0.25, -0.2) is 0 Å². The fraction of sp³-hybridized carbons (Fsp3) is 0.300. The maximum Gasteiger partial charge on any atom is 0.273 e. The maximum atomic E-state index is 13.3. The molecule has 3 aromatic carbocycles. The first-order chi connectivity index (χ1) is 17.8. The molecule has 0 radical (unpaired) electrons. The van der Waals surface area contributed by atoms with Crippen LogP contribution < -0.4 is 26.0 Å². The molecule has 0 aliphatic carbocycles. The van der Waals surface area contributed by atoms with Crippen LogP contribution >= 0.6 is 0 Å². The lowest BCUT2D eigenvalue weighted by molar-refractivity contribution is -0.113. The van der Waals surface area contributed by atoms with Gasteiger partial charge in [-0.15, -0.1) is 0 Å². The lowest BCUT2D eigenvalue weighted by Crippen LogP contribution is -2.56. The average Bonchev–Trinajstić information content (AvgIpc) is 3.25. The lowest BCUT2D eigenvalue weighted by Gasteiger charge is -2.41. The van der Waals surface area contributed by atoms with Crippen LogP contribution in [0.5, 0.6) is 5.75 Å². The second-order valence-electron chi connectivity index (χ2n) is 9.81. The van der Waals surface area contributed by atoms with Crippen LogP contribution in [0, 0.1) is 13.8 Å². The molecule has 0 spiro atoms. The zero-order valence-electron chi connectivity index (χ0n) is 22.0. The number of nitrogens with one attached hydrogen (secondary N) is 4. The third-order valence-corrected chi connectivity index (χ3v) is 7.41. The van der Waals surface area contributed by atoms with Gasteiger partial charge in [0.05, 0.1) is 25.9 Å². The number of amides is 1. The van der Waals surface area contributed by atoms with E-state index in [1.54, 1.807) is 7.11 Å². The molecule has 37 heavy (non-hydrogen) atoms. The van der Waals surface area contributed by atoms with E-state index in [4.69, 9.17) is 9.47 Å². The molecule has 7 nitrogen and oxygen atoms in total. The number of hydrogen-bond acceptors (Lipinski definition) is 6. The van der Waals surface area contributed by atoms with Crippen LogP contribution in [0.25, 0.3) is 11.1 Å². The van der Waals surface area contributed by atoms with Crippen molar-refractivity contribution in [1.29, 1.82) is 0 Å². The Morgan fingerprint density at radius 2 is 1.73 bits per heavy atom. The standard InChI is InChI=1S/C30H34N4O3/c1-18-8-6-9-19(2)26(18)24-14-21(12-13-25(24)36-5)28-32-20(3)27(34-28)29(35)33-23-11-7-10-22(15-23)30(31-4)16-37-17-30/h6-15,28,31-32,34H,16-17H2,1-5H3,(H,33,35). The summed E-state index contributed by atoms with van der Waals surface area (Å²) in [5.41, 5.74) is 8.55. The minimum atomic E-state index is -0.235. The Hall–Kier alpha value is -3.81. The van der Waals surface area contributed by atoms with Crippen LogP contribution in [-0.2, 0) is 15.1 Å². The van der Waals surface area contributed by atoms with E-state index in [1.807, 2.05) is 44.3 Å². The monoisotopic (exact) mass is 498 g/mol. The molecule has 1 saturated heterocycles. The molecular formula is C30H34N4O3. The summed E-state index contributed by atoms with van der Waals surface area (Å²) in [6.07, 6.45) is -0.235. The molecule has 1 amide bonds. The summed E-state index contributed by atoms with van der Waals surface area (Å²) in [5, 5.41) is 13.2. The summed E-state index contributed by atoms with van der Waals surface area (Å²) in [6.45, 7) is 7.37. The molecule has 0 bridgehead atoms. The Morgan fingerprint density at radius 1 is 1.00 bits per heavy atom. The number of hydrogen-bond donors (Lipinski definition) is 4. The van der Waals surface area contributed by atoms with Gasteiger partial charge in [-0.1, -0.05) is 36.4 Å². The van der Waals surface area contributed by atoms with Crippen molar-refractivity contribution in [1.82, 2.24) is 16.0 Å². The van der Waals surface area contributed by atoms with E-state index in [2.05, 4.69) is 65.4 Å². The van der Waals surface area contributed by atoms with E-state index in [1.165, 1.54) is 11.1 Å². The number of ether oxygens (including phenoxy) is 2. The molecule has 1 fully saturated rings. The highest BCUT2D eigenvalue weighted by atomic mass is 16.5. The van der Waals surface area contributed by atoms with Crippen molar-refractivity contribution < 1.29 is 14.3 Å². The van der Waals surface area contributed by atoms with E-state index >= 15 is 0 Å². The Labute approximate surface area is 218 Å². The smallest absolute Gasteiger partial charge is 0.273 e.